The van der Waals surface area contributed by atoms with Gasteiger partial charge >= 0.3 is 5.97 Å². The Morgan fingerprint density at radius 1 is 1.31 bits per heavy atom. The van der Waals surface area contributed by atoms with Crippen LogP contribution in [0.25, 0.3) is 0 Å². The number of hydrogen-bond donors (Lipinski definition) is 1. The standard InChI is InChI=1S/C11H23N3O2/c1-3-13(10-11(15)16)8-9-14-6-4-12(2)5-7-14/h3-10H2,1-2H3,(H,15,16). The minimum atomic E-state index is -0.736. The van der Waals surface area contributed by atoms with E-state index in [1.165, 1.54) is 0 Å². The fourth-order valence-corrected chi connectivity index (χ4v) is 1.89. The number of carboxylic acid groups (broad SMARTS) is 1. The summed E-state index contributed by atoms with van der Waals surface area (Å²) in [6, 6.07) is 0. The van der Waals surface area contributed by atoms with E-state index in [1.807, 2.05) is 11.8 Å². The number of aliphatic carboxylic acids is 1. The van der Waals surface area contributed by atoms with Crippen molar-refractivity contribution in [3.8, 4) is 0 Å². The molecule has 5 nitrogen and oxygen atoms in total. The fourth-order valence-electron chi connectivity index (χ4n) is 1.89. The van der Waals surface area contributed by atoms with Gasteiger partial charge in [0, 0.05) is 39.3 Å². The molecule has 0 aromatic heterocycles. The lowest BCUT2D eigenvalue weighted by Gasteiger charge is -2.33. The van der Waals surface area contributed by atoms with Crippen LogP contribution in [-0.4, -0.2) is 85.2 Å². The fraction of sp³-hybridized carbons (Fsp3) is 0.909. The number of nitrogens with zero attached hydrogens (tertiary/aromatic N) is 3. The second kappa shape index (κ2) is 6.83. The lowest BCUT2D eigenvalue weighted by molar-refractivity contribution is -0.138. The van der Waals surface area contributed by atoms with Crippen LogP contribution >= 0.6 is 0 Å². The monoisotopic (exact) mass is 229 g/mol. The van der Waals surface area contributed by atoms with Crippen LogP contribution in [0.1, 0.15) is 6.92 Å². The van der Waals surface area contributed by atoms with Crippen molar-refractivity contribution in [2.24, 2.45) is 0 Å². The van der Waals surface area contributed by atoms with Gasteiger partial charge in [0.15, 0.2) is 0 Å². The average molecular weight is 229 g/mol. The first-order valence-electron chi connectivity index (χ1n) is 5.97. The van der Waals surface area contributed by atoms with Crippen molar-refractivity contribution in [3.05, 3.63) is 0 Å². The number of rotatable bonds is 6. The summed E-state index contributed by atoms with van der Waals surface area (Å²) in [5, 5.41) is 8.72. The van der Waals surface area contributed by atoms with Gasteiger partial charge in [-0.05, 0) is 13.6 Å². The van der Waals surface area contributed by atoms with E-state index in [0.29, 0.717) is 0 Å². The van der Waals surface area contributed by atoms with Crippen molar-refractivity contribution in [2.75, 3.05) is 59.4 Å². The highest BCUT2D eigenvalue weighted by Gasteiger charge is 2.15. The molecule has 0 spiro atoms. The Hall–Kier alpha value is -0.650. The van der Waals surface area contributed by atoms with Crippen LogP contribution < -0.4 is 0 Å². The van der Waals surface area contributed by atoms with Crippen LogP contribution in [0.3, 0.4) is 0 Å². The summed E-state index contributed by atoms with van der Waals surface area (Å²) in [5.74, 6) is -0.736. The lowest BCUT2D eigenvalue weighted by atomic mass is 10.3. The van der Waals surface area contributed by atoms with Gasteiger partial charge in [-0.3, -0.25) is 14.6 Å². The summed E-state index contributed by atoms with van der Waals surface area (Å²) in [4.78, 5) is 17.3. The first-order valence-corrected chi connectivity index (χ1v) is 5.97. The number of likely N-dealkylation sites (N-methyl/N-ethyl adjacent to an activating group) is 2. The molecule has 1 heterocycles. The molecule has 0 aromatic rings. The van der Waals surface area contributed by atoms with Crippen LogP contribution in [0, 0.1) is 0 Å². The molecule has 1 aliphatic rings. The van der Waals surface area contributed by atoms with Gasteiger partial charge in [-0.1, -0.05) is 6.92 Å². The van der Waals surface area contributed by atoms with Crippen molar-refractivity contribution in [3.63, 3.8) is 0 Å². The third-order valence-corrected chi connectivity index (χ3v) is 3.13. The second-order valence-electron chi connectivity index (χ2n) is 4.41. The average Bonchev–Trinajstić information content (AvgIpc) is 2.26. The maximum absolute atomic E-state index is 10.6. The summed E-state index contributed by atoms with van der Waals surface area (Å²) >= 11 is 0. The van der Waals surface area contributed by atoms with Gasteiger partial charge in [-0.15, -0.1) is 0 Å². The van der Waals surface area contributed by atoms with Gasteiger partial charge < -0.3 is 10.0 Å². The number of carbonyl (C=O) groups is 1. The first kappa shape index (κ1) is 13.4. The predicted molar refractivity (Wildman–Crippen MR) is 63.7 cm³/mol. The summed E-state index contributed by atoms with van der Waals surface area (Å²) in [6.45, 7) is 9.23. The van der Waals surface area contributed by atoms with Crippen molar-refractivity contribution in [1.82, 2.24) is 14.7 Å². The van der Waals surface area contributed by atoms with Gasteiger partial charge in [-0.2, -0.15) is 0 Å². The molecule has 1 aliphatic heterocycles. The Kier molecular flexibility index (Phi) is 5.73. The van der Waals surface area contributed by atoms with Crippen LogP contribution in [0.4, 0.5) is 0 Å². The summed E-state index contributed by atoms with van der Waals surface area (Å²) in [7, 11) is 2.14. The highest BCUT2D eigenvalue weighted by Crippen LogP contribution is 1.99. The predicted octanol–water partition coefficient (Wildman–Crippen LogP) is -0.360. The van der Waals surface area contributed by atoms with Crippen molar-refractivity contribution < 1.29 is 9.90 Å². The Morgan fingerprint density at radius 3 is 2.44 bits per heavy atom. The topological polar surface area (TPSA) is 47.0 Å². The zero-order chi connectivity index (χ0) is 12.0. The van der Waals surface area contributed by atoms with E-state index < -0.39 is 5.97 Å². The first-order chi connectivity index (χ1) is 7.61. The van der Waals surface area contributed by atoms with Crippen LogP contribution in [-0.2, 0) is 4.79 Å². The zero-order valence-corrected chi connectivity index (χ0v) is 10.4. The Morgan fingerprint density at radius 2 is 1.94 bits per heavy atom. The van der Waals surface area contributed by atoms with Crippen molar-refractivity contribution in [1.29, 1.82) is 0 Å². The van der Waals surface area contributed by atoms with Crippen molar-refractivity contribution in [2.45, 2.75) is 6.92 Å². The molecule has 0 radical (unpaired) electrons. The maximum Gasteiger partial charge on any atom is 0.317 e. The maximum atomic E-state index is 10.6. The Bertz CT molecular complexity index is 215. The van der Waals surface area contributed by atoms with E-state index in [0.717, 1.165) is 45.8 Å². The number of piperazine rings is 1. The minimum Gasteiger partial charge on any atom is -0.480 e. The highest BCUT2D eigenvalue weighted by molar-refractivity contribution is 5.69. The molecule has 16 heavy (non-hydrogen) atoms. The smallest absolute Gasteiger partial charge is 0.317 e. The molecule has 1 rings (SSSR count). The molecule has 1 N–H and O–H groups in total. The van der Waals surface area contributed by atoms with E-state index >= 15 is 0 Å². The van der Waals surface area contributed by atoms with Crippen LogP contribution in [0.2, 0.25) is 0 Å². The van der Waals surface area contributed by atoms with E-state index in [1.54, 1.807) is 0 Å². The van der Waals surface area contributed by atoms with Crippen LogP contribution in [0.15, 0.2) is 0 Å². The highest BCUT2D eigenvalue weighted by atomic mass is 16.4. The second-order valence-corrected chi connectivity index (χ2v) is 4.41. The van der Waals surface area contributed by atoms with Gasteiger partial charge in [0.25, 0.3) is 0 Å². The molecule has 0 unspecified atom stereocenters. The van der Waals surface area contributed by atoms with E-state index in [4.69, 9.17) is 5.11 Å². The molecule has 0 aliphatic carbocycles. The Balaban J connectivity index is 2.19. The molecule has 0 saturated carbocycles. The van der Waals surface area contributed by atoms with Crippen molar-refractivity contribution >= 4 is 5.97 Å². The molecular formula is C11H23N3O2. The normalized spacial score (nSPS) is 19.2. The van der Waals surface area contributed by atoms with E-state index in [2.05, 4.69) is 16.8 Å². The largest absolute Gasteiger partial charge is 0.480 e. The molecule has 0 amide bonds. The third-order valence-electron chi connectivity index (χ3n) is 3.13. The summed E-state index contributed by atoms with van der Waals surface area (Å²) < 4.78 is 0. The molecule has 5 heteroatoms. The lowest BCUT2D eigenvalue weighted by Crippen LogP contribution is -2.47. The number of hydrogen-bond acceptors (Lipinski definition) is 4. The van der Waals surface area contributed by atoms with Gasteiger partial charge in [0.1, 0.15) is 0 Å². The van der Waals surface area contributed by atoms with Gasteiger partial charge in [-0.25, -0.2) is 0 Å². The molecule has 0 bridgehead atoms. The molecular weight excluding hydrogens is 206 g/mol. The minimum absolute atomic E-state index is 0.157. The molecule has 0 atom stereocenters. The van der Waals surface area contributed by atoms with Gasteiger partial charge in [0.2, 0.25) is 0 Å². The van der Waals surface area contributed by atoms with E-state index in [9.17, 15) is 4.79 Å². The molecule has 0 aromatic carbocycles. The van der Waals surface area contributed by atoms with Gasteiger partial charge in [0.05, 0.1) is 6.54 Å². The van der Waals surface area contributed by atoms with E-state index in [-0.39, 0.29) is 6.54 Å². The quantitative estimate of drug-likeness (QED) is 0.674. The molecule has 1 saturated heterocycles. The summed E-state index contributed by atoms with van der Waals surface area (Å²) in [5.41, 5.74) is 0. The SMILES string of the molecule is CCN(CCN1CCN(C)CC1)CC(=O)O. The molecule has 94 valence electrons. The van der Waals surface area contributed by atoms with Crippen LogP contribution in [0.5, 0.6) is 0 Å². The molecule has 1 fully saturated rings. The zero-order valence-electron chi connectivity index (χ0n) is 10.4. The Labute approximate surface area is 97.6 Å². The third kappa shape index (κ3) is 4.92. The summed E-state index contributed by atoms with van der Waals surface area (Å²) in [6.07, 6.45) is 0. The number of carboxylic acids is 1.